The third-order valence-electron chi connectivity index (χ3n) is 2.82. The number of nitrogens with two attached hydrogens (primary N) is 1. The van der Waals surface area contributed by atoms with E-state index in [1.807, 2.05) is 0 Å². The van der Waals surface area contributed by atoms with Crippen LogP contribution in [0.15, 0.2) is 0 Å². The van der Waals surface area contributed by atoms with E-state index in [1.165, 1.54) is 50.1 Å². The largest absolute Gasteiger partial charge is 0.374 e. The Labute approximate surface area is 94.5 Å². The van der Waals surface area contributed by atoms with Crippen molar-refractivity contribution in [1.29, 1.82) is 0 Å². The molecule has 0 unspecified atom stereocenters. The van der Waals surface area contributed by atoms with Gasteiger partial charge in [-0.2, -0.15) is 0 Å². The average molecular weight is 226 g/mol. The molecule has 2 rings (SSSR count). The predicted molar refractivity (Wildman–Crippen MR) is 62.9 cm³/mol. The number of aromatic nitrogens is 2. The molecule has 1 aliphatic rings. The van der Waals surface area contributed by atoms with Crippen LogP contribution in [-0.2, 0) is 6.42 Å². The van der Waals surface area contributed by atoms with E-state index in [9.17, 15) is 0 Å². The first-order valence-electron chi connectivity index (χ1n) is 5.65. The molecule has 0 bridgehead atoms. The van der Waals surface area contributed by atoms with Gasteiger partial charge in [-0.15, -0.1) is 10.2 Å². The summed E-state index contributed by atoms with van der Waals surface area (Å²) in [6.45, 7) is 3.59. The number of rotatable bonds is 3. The van der Waals surface area contributed by atoms with Crippen molar-refractivity contribution in [2.45, 2.75) is 32.1 Å². The summed E-state index contributed by atoms with van der Waals surface area (Å²) >= 11 is 1.51. The van der Waals surface area contributed by atoms with Crippen molar-refractivity contribution in [2.75, 3.05) is 25.4 Å². The Morgan fingerprint density at radius 3 is 2.47 bits per heavy atom. The van der Waals surface area contributed by atoms with E-state index in [1.54, 1.807) is 0 Å². The maximum atomic E-state index is 5.54. The highest BCUT2D eigenvalue weighted by Crippen LogP contribution is 2.14. The van der Waals surface area contributed by atoms with Crippen LogP contribution in [0.5, 0.6) is 0 Å². The lowest BCUT2D eigenvalue weighted by Crippen LogP contribution is -2.26. The summed E-state index contributed by atoms with van der Waals surface area (Å²) in [5, 5.41) is 9.52. The van der Waals surface area contributed by atoms with Gasteiger partial charge in [-0.1, -0.05) is 24.2 Å². The van der Waals surface area contributed by atoms with E-state index in [-0.39, 0.29) is 0 Å². The SMILES string of the molecule is Nc1nnc(CCN2CCCCCC2)s1. The fourth-order valence-electron chi connectivity index (χ4n) is 1.98. The highest BCUT2D eigenvalue weighted by atomic mass is 32.1. The molecule has 4 nitrogen and oxygen atoms in total. The van der Waals surface area contributed by atoms with Crippen LogP contribution in [0.1, 0.15) is 30.7 Å². The molecule has 0 atom stereocenters. The van der Waals surface area contributed by atoms with E-state index in [2.05, 4.69) is 15.1 Å². The zero-order valence-electron chi connectivity index (χ0n) is 8.98. The Hall–Kier alpha value is -0.680. The first kappa shape index (κ1) is 10.8. The Bertz CT molecular complexity index is 291. The van der Waals surface area contributed by atoms with Crippen molar-refractivity contribution in [3.05, 3.63) is 5.01 Å². The van der Waals surface area contributed by atoms with Crippen LogP contribution in [0.4, 0.5) is 5.13 Å². The molecule has 0 radical (unpaired) electrons. The third kappa shape index (κ3) is 3.43. The number of nitrogen functional groups attached to an aromatic ring is 1. The van der Waals surface area contributed by atoms with Crippen molar-refractivity contribution in [3.63, 3.8) is 0 Å². The summed E-state index contributed by atoms with van der Waals surface area (Å²) in [4.78, 5) is 2.53. The number of nitrogens with zero attached hydrogens (tertiary/aromatic N) is 3. The van der Waals surface area contributed by atoms with Crippen LogP contribution in [0, 0.1) is 0 Å². The summed E-state index contributed by atoms with van der Waals surface area (Å²) in [5.41, 5.74) is 5.54. The van der Waals surface area contributed by atoms with E-state index in [0.717, 1.165) is 18.0 Å². The Kier molecular flexibility index (Phi) is 3.91. The minimum atomic E-state index is 0.584. The standard InChI is InChI=1S/C10H18N4S/c11-10-13-12-9(15-10)5-8-14-6-3-1-2-4-7-14/h1-8H2,(H2,11,13). The van der Waals surface area contributed by atoms with Gasteiger partial charge < -0.3 is 10.6 Å². The molecular weight excluding hydrogens is 208 g/mol. The van der Waals surface area contributed by atoms with E-state index in [4.69, 9.17) is 5.73 Å². The highest BCUT2D eigenvalue weighted by Gasteiger charge is 2.09. The highest BCUT2D eigenvalue weighted by molar-refractivity contribution is 7.15. The lowest BCUT2D eigenvalue weighted by atomic mass is 10.2. The van der Waals surface area contributed by atoms with E-state index < -0.39 is 0 Å². The minimum absolute atomic E-state index is 0.584. The number of likely N-dealkylation sites (tertiary alicyclic amines) is 1. The first-order chi connectivity index (χ1) is 7.34. The number of hydrogen-bond acceptors (Lipinski definition) is 5. The lowest BCUT2D eigenvalue weighted by molar-refractivity contribution is 0.288. The van der Waals surface area contributed by atoms with Gasteiger partial charge in [0, 0.05) is 13.0 Å². The first-order valence-corrected chi connectivity index (χ1v) is 6.46. The fraction of sp³-hybridized carbons (Fsp3) is 0.800. The molecule has 1 aromatic heterocycles. The Morgan fingerprint density at radius 1 is 1.13 bits per heavy atom. The van der Waals surface area contributed by atoms with Crippen LogP contribution in [0.25, 0.3) is 0 Å². The molecule has 1 saturated heterocycles. The van der Waals surface area contributed by atoms with E-state index in [0.29, 0.717) is 5.13 Å². The smallest absolute Gasteiger partial charge is 0.203 e. The van der Waals surface area contributed by atoms with Crippen LogP contribution >= 0.6 is 11.3 Å². The molecule has 84 valence electrons. The van der Waals surface area contributed by atoms with Gasteiger partial charge in [0.05, 0.1) is 0 Å². The normalized spacial score (nSPS) is 18.9. The molecule has 0 saturated carbocycles. The molecule has 0 amide bonds. The monoisotopic (exact) mass is 226 g/mol. The molecule has 1 aliphatic heterocycles. The quantitative estimate of drug-likeness (QED) is 0.849. The van der Waals surface area contributed by atoms with Crippen molar-refractivity contribution in [2.24, 2.45) is 0 Å². The zero-order chi connectivity index (χ0) is 10.5. The van der Waals surface area contributed by atoms with Gasteiger partial charge in [-0.25, -0.2) is 0 Å². The van der Waals surface area contributed by atoms with Gasteiger partial charge in [0.25, 0.3) is 0 Å². The Balaban J connectivity index is 1.76. The van der Waals surface area contributed by atoms with Crippen molar-refractivity contribution in [3.8, 4) is 0 Å². The summed E-state index contributed by atoms with van der Waals surface area (Å²) in [6, 6.07) is 0. The van der Waals surface area contributed by atoms with Crippen LogP contribution < -0.4 is 5.73 Å². The van der Waals surface area contributed by atoms with Crippen molar-refractivity contribution < 1.29 is 0 Å². The summed E-state index contributed by atoms with van der Waals surface area (Å²) in [6.07, 6.45) is 6.47. The molecule has 5 heteroatoms. The molecule has 0 aliphatic carbocycles. The summed E-state index contributed by atoms with van der Waals surface area (Å²) < 4.78 is 0. The van der Waals surface area contributed by atoms with Crippen molar-refractivity contribution >= 4 is 16.5 Å². The predicted octanol–water partition coefficient (Wildman–Crippen LogP) is 1.54. The maximum Gasteiger partial charge on any atom is 0.203 e. The molecular formula is C10H18N4S. The van der Waals surface area contributed by atoms with Gasteiger partial charge in [-0.3, -0.25) is 0 Å². The molecule has 2 heterocycles. The third-order valence-corrected chi connectivity index (χ3v) is 3.64. The van der Waals surface area contributed by atoms with Gasteiger partial charge in [0.1, 0.15) is 5.01 Å². The second-order valence-corrected chi connectivity index (χ2v) is 5.13. The molecule has 2 N–H and O–H groups in total. The molecule has 1 aromatic rings. The van der Waals surface area contributed by atoms with Gasteiger partial charge in [-0.05, 0) is 25.9 Å². The Morgan fingerprint density at radius 2 is 1.87 bits per heavy atom. The fourth-order valence-corrected chi connectivity index (χ4v) is 2.58. The van der Waals surface area contributed by atoms with E-state index >= 15 is 0 Å². The summed E-state index contributed by atoms with van der Waals surface area (Å²) in [5.74, 6) is 0. The average Bonchev–Trinajstić information content (AvgIpc) is 2.52. The molecule has 15 heavy (non-hydrogen) atoms. The van der Waals surface area contributed by atoms with Crippen LogP contribution in [0.2, 0.25) is 0 Å². The molecule has 0 aromatic carbocycles. The zero-order valence-corrected chi connectivity index (χ0v) is 9.80. The summed E-state index contributed by atoms with van der Waals surface area (Å²) in [7, 11) is 0. The molecule has 1 fully saturated rings. The second kappa shape index (κ2) is 5.42. The minimum Gasteiger partial charge on any atom is -0.374 e. The lowest BCUT2D eigenvalue weighted by Gasteiger charge is -2.18. The van der Waals surface area contributed by atoms with Gasteiger partial charge >= 0.3 is 0 Å². The topological polar surface area (TPSA) is 55.0 Å². The number of anilines is 1. The second-order valence-electron chi connectivity index (χ2n) is 4.04. The number of hydrogen-bond donors (Lipinski definition) is 1. The van der Waals surface area contributed by atoms with Gasteiger partial charge in [0.15, 0.2) is 0 Å². The van der Waals surface area contributed by atoms with Crippen LogP contribution in [0.3, 0.4) is 0 Å². The van der Waals surface area contributed by atoms with Gasteiger partial charge in [0.2, 0.25) is 5.13 Å². The maximum absolute atomic E-state index is 5.54. The van der Waals surface area contributed by atoms with Crippen molar-refractivity contribution in [1.82, 2.24) is 15.1 Å². The van der Waals surface area contributed by atoms with Crippen LogP contribution in [-0.4, -0.2) is 34.7 Å². The molecule has 0 spiro atoms.